The van der Waals surface area contributed by atoms with Gasteiger partial charge in [-0.3, -0.25) is 0 Å². The molecule has 0 heterocycles. The first-order chi connectivity index (χ1) is 10.3. The van der Waals surface area contributed by atoms with E-state index in [0.29, 0.717) is 19.1 Å². The van der Waals surface area contributed by atoms with Crippen molar-refractivity contribution < 1.29 is 19.0 Å². The molecule has 6 heteroatoms. The van der Waals surface area contributed by atoms with Crippen LogP contribution in [0.25, 0.3) is 0 Å². The lowest BCUT2D eigenvalue weighted by Gasteiger charge is -2.45. The Balaban J connectivity index is 2.46. The molecule has 1 aliphatic rings. The van der Waals surface area contributed by atoms with Crippen molar-refractivity contribution in [3.05, 3.63) is 0 Å². The van der Waals surface area contributed by atoms with Gasteiger partial charge in [0.05, 0.1) is 18.2 Å². The van der Waals surface area contributed by atoms with Crippen LogP contribution in [0, 0.1) is 5.92 Å². The lowest BCUT2D eigenvalue weighted by atomic mass is 9.82. The van der Waals surface area contributed by atoms with E-state index in [1.54, 1.807) is 7.11 Å². The minimum atomic E-state index is -0.483. The van der Waals surface area contributed by atoms with Gasteiger partial charge in [-0.2, -0.15) is 0 Å². The molecule has 1 saturated carbocycles. The van der Waals surface area contributed by atoms with E-state index < -0.39 is 5.60 Å². The van der Waals surface area contributed by atoms with E-state index in [1.165, 1.54) is 0 Å². The van der Waals surface area contributed by atoms with Crippen LogP contribution >= 0.6 is 0 Å². The first kappa shape index (κ1) is 19.2. The number of rotatable bonds is 8. The van der Waals surface area contributed by atoms with Crippen LogP contribution in [-0.2, 0) is 14.2 Å². The molecule has 1 rings (SSSR count). The van der Waals surface area contributed by atoms with E-state index in [0.717, 1.165) is 13.0 Å². The van der Waals surface area contributed by atoms with Crippen molar-refractivity contribution >= 4 is 6.09 Å². The lowest BCUT2D eigenvalue weighted by Crippen LogP contribution is -2.66. The van der Waals surface area contributed by atoms with Crippen LogP contribution in [0.4, 0.5) is 4.79 Å². The fourth-order valence-corrected chi connectivity index (χ4v) is 2.55. The summed E-state index contributed by atoms with van der Waals surface area (Å²) in [5, 5.41) is 6.41. The van der Waals surface area contributed by atoms with Crippen LogP contribution in [0.2, 0.25) is 0 Å². The van der Waals surface area contributed by atoms with E-state index in [1.807, 2.05) is 27.7 Å². The summed E-state index contributed by atoms with van der Waals surface area (Å²) in [7, 11) is 1.70. The van der Waals surface area contributed by atoms with Crippen LogP contribution in [0.1, 0.15) is 41.0 Å². The highest BCUT2D eigenvalue weighted by molar-refractivity contribution is 5.68. The maximum atomic E-state index is 11.9. The molecular formula is C16H32N2O4. The van der Waals surface area contributed by atoms with Crippen molar-refractivity contribution in [1.29, 1.82) is 0 Å². The van der Waals surface area contributed by atoms with Crippen molar-refractivity contribution in [2.45, 2.75) is 64.8 Å². The van der Waals surface area contributed by atoms with E-state index in [9.17, 15) is 4.79 Å². The number of carbonyl (C=O) groups excluding carboxylic acids is 1. The Bertz CT molecular complexity index is 344. The second-order valence-corrected chi connectivity index (χ2v) is 6.98. The molecule has 0 aliphatic heterocycles. The van der Waals surface area contributed by atoms with E-state index in [4.69, 9.17) is 14.2 Å². The number of amides is 1. The third-order valence-corrected chi connectivity index (χ3v) is 3.56. The highest BCUT2D eigenvalue weighted by Crippen LogP contribution is 2.25. The molecule has 22 heavy (non-hydrogen) atoms. The molecule has 0 saturated heterocycles. The molecule has 1 fully saturated rings. The zero-order chi connectivity index (χ0) is 16.8. The largest absolute Gasteiger partial charge is 0.444 e. The van der Waals surface area contributed by atoms with Gasteiger partial charge in [-0.15, -0.1) is 0 Å². The van der Waals surface area contributed by atoms with Gasteiger partial charge in [-0.05, 0) is 40.0 Å². The van der Waals surface area contributed by atoms with E-state index in [2.05, 4.69) is 17.6 Å². The quantitative estimate of drug-likeness (QED) is 0.716. The summed E-state index contributed by atoms with van der Waals surface area (Å²) in [6, 6.07) is 0.160. The fraction of sp³-hybridized carbons (Fsp3) is 0.938. The average molecular weight is 316 g/mol. The molecule has 2 N–H and O–H groups in total. The third-order valence-electron chi connectivity index (χ3n) is 3.56. The van der Waals surface area contributed by atoms with Crippen molar-refractivity contribution in [1.82, 2.24) is 10.6 Å². The molecule has 0 aromatic carbocycles. The van der Waals surface area contributed by atoms with Gasteiger partial charge in [0.1, 0.15) is 5.60 Å². The molecule has 0 radical (unpaired) electrons. The summed E-state index contributed by atoms with van der Waals surface area (Å²) in [5.74, 6) is 0.412. The Kier molecular flexibility index (Phi) is 7.59. The van der Waals surface area contributed by atoms with Crippen molar-refractivity contribution in [3.63, 3.8) is 0 Å². The zero-order valence-electron chi connectivity index (χ0n) is 14.8. The number of alkyl carbamates (subject to hydrolysis) is 1. The number of nitrogens with one attached hydrogen (secondary N) is 2. The maximum Gasteiger partial charge on any atom is 0.407 e. The smallest absolute Gasteiger partial charge is 0.407 e. The Hall–Kier alpha value is -0.850. The third kappa shape index (κ3) is 6.50. The Morgan fingerprint density at radius 1 is 1.36 bits per heavy atom. The van der Waals surface area contributed by atoms with Crippen LogP contribution in [0.5, 0.6) is 0 Å². The molecule has 0 spiro atoms. The van der Waals surface area contributed by atoms with E-state index >= 15 is 0 Å². The molecule has 0 aromatic heterocycles. The summed E-state index contributed by atoms with van der Waals surface area (Å²) in [6.45, 7) is 11.9. The van der Waals surface area contributed by atoms with Crippen molar-refractivity contribution in [2.24, 2.45) is 5.92 Å². The summed E-state index contributed by atoms with van der Waals surface area (Å²) < 4.78 is 16.2. The Morgan fingerprint density at radius 2 is 2.05 bits per heavy atom. The second kappa shape index (κ2) is 8.70. The van der Waals surface area contributed by atoms with Gasteiger partial charge < -0.3 is 24.8 Å². The van der Waals surface area contributed by atoms with Crippen LogP contribution in [0.15, 0.2) is 0 Å². The van der Waals surface area contributed by atoms with Crippen LogP contribution in [0.3, 0.4) is 0 Å². The van der Waals surface area contributed by atoms with Gasteiger partial charge in [0.15, 0.2) is 0 Å². The first-order valence-corrected chi connectivity index (χ1v) is 8.10. The summed E-state index contributed by atoms with van der Waals surface area (Å²) in [4.78, 5) is 11.9. The number of ether oxygens (including phenoxy) is 3. The monoisotopic (exact) mass is 316 g/mol. The van der Waals surface area contributed by atoms with Crippen LogP contribution < -0.4 is 10.6 Å². The minimum Gasteiger partial charge on any atom is -0.444 e. The molecule has 130 valence electrons. The molecule has 4 unspecified atom stereocenters. The fourth-order valence-electron chi connectivity index (χ4n) is 2.55. The average Bonchev–Trinajstić information content (AvgIpc) is 2.35. The zero-order valence-corrected chi connectivity index (χ0v) is 14.8. The van der Waals surface area contributed by atoms with Gasteiger partial charge in [0.2, 0.25) is 0 Å². The van der Waals surface area contributed by atoms with Gasteiger partial charge in [-0.25, -0.2) is 4.79 Å². The molecule has 0 bridgehead atoms. The molecular weight excluding hydrogens is 284 g/mol. The van der Waals surface area contributed by atoms with Gasteiger partial charge in [0, 0.05) is 26.9 Å². The second-order valence-electron chi connectivity index (χ2n) is 6.98. The standard InChI is InChI=1S/C16H32N2O4/c1-7-21-13-8-12(18-15(19)22-16(3,4)5)14(13)17-9-11(2)10-20-6/h11-14,17H,7-10H2,1-6H3,(H,18,19). The number of carbonyl (C=O) groups is 1. The van der Waals surface area contributed by atoms with Gasteiger partial charge in [-0.1, -0.05) is 6.92 Å². The Morgan fingerprint density at radius 3 is 2.59 bits per heavy atom. The number of hydrogen-bond donors (Lipinski definition) is 2. The molecule has 1 amide bonds. The minimum absolute atomic E-state index is 0.0427. The number of methoxy groups -OCH3 is 1. The lowest BCUT2D eigenvalue weighted by molar-refractivity contribution is -0.0446. The van der Waals surface area contributed by atoms with Gasteiger partial charge in [0.25, 0.3) is 0 Å². The van der Waals surface area contributed by atoms with Crippen molar-refractivity contribution in [3.8, 4) is 0 Å². The first-order valence-electron chi connectivity index (χ1n) is 8.10. The molecule has 6 nitrogen and oxygen atoms in total. The number of hydrogen-bond acceptors (Lipinski definition) is 5. The molecule has 1 aliphatic carbocycles. The van der Waals surface area contributed by atoms with Crippen molar-refractivity contribution in [2.75, 3.05) is 26.9 Å². The highest BCUT2D eigenvalue weighted by Gasteiger charge is 2.43. The van der Waals surface area contributed by atoms with E-state index in [-0.39, 0.29) is 24.3 Å². The predicted octanol–water partition coefficient (Wildman–Crippen LogP) is 1.93. The Labute approximate surface area is 134 Å². The molecule has 0 aromatic rings. The normalized spacial score (nSPS) is 26.2. The van der Waals surface area contributed by atoms with Gasteiger partial charge >= 0.3 is 6.09 Å². The van der Waals surface area contributed by atoms with Crippen LogP contribution in [-0.4, -0.2) is 56.8 Å². The highest BCUT2D eigenvalue weighted by atomic mass is 16.6. The topological polar surface area (TPSA) is 68.8 Å². The predicted molar refractivity (Wildman–Crippen MR) is 86.0 cm³/mol. The summed E-state index contributed by atoms with van der Waals surface area (Å²) in [5.41, 5.74) is -0.483. The summed E-state index contributed by atoms with van der Waals surface area (Å²) in [6.07, 6.45) is 0.576. The SMILES string of the molecule is CCOC1CC(NC(=O)OC(C)(C)C)C1NCC(C)COC. The molecule has 4 atom stereocenters. The maximum absolute atomic E-state index is 11.9. The summed E-state index contributed by atoms with van der Waals surface area (Å²) >= 11 is 0.